The van der Waals surface area contributed by atoms with E-state index in [9.17, 15) is 0 Å². The van der Waals surface area contributed by atoms with Crippen LogP contribution in [0.5, 0.6) is 0 Å². The lowest BCUT2D eigenvalue weighted by Gasteiger charge is -2.28. The quantitative estimate of drug-likeness (QED) is 0.748. The molecule has 0 unspecified atom stereocenters. The minimum atomic E-state index is -0.0228. The lowest BCUT2D eigenvalue weighted by molar-refractivity contribution is 0.112. The van der Waals surface area contributed by atoms with Gasteiger partial charge in [-0.15, -0.1) is 0 Å². The third-order valence-electron chi connectivity index (χ3n) is 2.24. The molecule has 0 aromatic carbocycles. The van der Waals surface area contributed by atoms with Crippen LogP contribution in [0.3, 0.4) is 0 Å². The van der Waals surface area contributed by atoms with Crippen LogP contribution >= 0.6 is 0 Å². The first-order valence-electron chi connectivity index (χ1n) is 4.94. The first-order valence-corrected chi connectivity index (χ1v) is 4.94. The first-order chi connectivity index (χ1) is 6.53. The van der Waals surface area contributed by atoms with Gasteiger partial charge in [0.25, 0.3) is 0 Å². The Kier molecular flexibility index (Phi) is 3.72. The minimum absolute atomic E-state index is 0.0228. The molecule has 0 aliphatic carbocycles. The largest absolute Gasteiger partial charge is 0.396 e. The van der Waals surface area contributed by atoms with Gasteiger partial charge in [0.1, 0.15) is 0 Å². The summed E-state index contributed by atoms with van der Waals surface area (Å²) in [5, 5.41) is 9.14. The van der Waals surface area contributed by atoms with Crippen LogP contribution in [0.4, 0.5) is 0 Å². The van der Waals surface area contributed by atoms with Crippen LogP contribution in [0.15, 0.2) is 18.5 Å². The van der Waals surface area contributed by atoms with E-state index in [0.717, 1.165) is 13.1 Å². The second kappa shape index (κ2) is 4.62. The summed E-state index contributed by atoms with van der Waals surface area (Å²) in [4.78, 5) is 5.26. The van der Waals surface area contributed by atoms with Crippen molar-refractivity contribution < 1.29 is 5.11 Å². The molecule has 0 saturated carbocycles. The summed E-state index contributed by atoms with van der Waals surface area (Å²) in [5.74, 6) is 0. The van der Waals surface area contributed by atoms with Gasteiger partial charge in [0.2, 0.25) is 0 Å². The van der Waals surface area contributed by atoms with Crippen molar-refractivity contribution in [3.05, 3.63) is 24.0 Å². The average molecular weight is 196 g/mol. The monoisotopic (exact) mass is 196 g/mol. The smallest absolute Gasteiger partial charge is 0.0494 e. The Morgan fingerprint density at radius 3 is 2.71 bits per heavy atom. The van der Waals surface area contributed by atoms with Crippen LogP contribution < -0.4 is 0 Å². The number of nitrogens with zero attached hydrogens (tertiary/aromatic N) is 1. The van der Waals surface area contributed by atoms with Crippen LogP contribution in [0.2, 0.25) is 0 Å². The molecular weight excluding hydrogens is 176 g/mol. The Balaban J connectivity index is 2.40. The third kappa shape index (κ3) is 3.52. The van der Waals surface area contributed by atoms with Gasteiger partial charge in [0.05, 0.1) is 0 Å². The van der Waals surface area contributed by atoms with Crippen molar-refractivity contribution in [1.29, 1.82) is 0 Å². The molecule has 14 heavy (non-hydrogen) atoms. The van der Waals surface area contributed by atoms with Crippen LogP contribution in [0.25, 0.3) is 0 Å². The maximum atomic E-state index is 9.14. The summed E-state index contributed by atoms with van der Waals surface area (Å²) in [6.07, 6.45) is 3.93. The van der Waals surface area contributed by atoms with Gasteiger partial charge in [-0.25, -0.2) is 0 Å². The van der Waals surface area contributed by atoms with E-state index in [0.29, 0.717) is 0 Å². The number of hydrogen-bond acceptors (Lipinski definition) is 2. The Morgan fingerprint density at radius 2 is 2.21 bits per heavy atom. The number of nitrogens with one attached hydrogen (secondary N) is 1. The van der Waals surface area contributed by atoms with Gasteiger partial charge in [-0.3, -0.25) is 0 Å². The summed E-state index contributed by atoms with van der Waals surface area (Å²) in [5.41, 5.74) is 1.26. The Labute approximate surface area is 85.7 Å². The van der Waals surface area contributed by atoms with E-state index in [-0.39, 0.29) is 12.0 Å². The number of aromatic nitrogens is 1. The lowest BCUT2D eigenvalue weighted by atomic mass is 9.94. The standard InChI is InChI=1S/C11H20N2O/c1-11(2,9-14)8-13(3)7-10-4-5-12-6-10/h4-6,12,14H,7-9H2,1-3H3. The molecule has 3 nitrogen and oxygen atoms in total. The molecular formula is C11H20N2O. The predicted octanol–water partition coefficient (Wildman–Crippen LogP) is 1.46. The molecule has 0 atom stereocenters. The van der Waals surface area contributed by atoms with Crippen molar-refractivity contribution in [2.24, 2.45) is 5.41 Å². The highest BCUT2D eigenvalue weighted by atomic mass is 16.3. The number of rotatable bonds is 5. The second-order valence-corrected chi connectivity index (χ2v) is 4.71. The molecule has 0 bridgehead atoms. The summed E-state index contributed by atoms with van der Waals surface area (Å²) in [7, 11) is 2.07. The molecule has 0 radical (unpaired) electrons. The van der Waals surface area contributed by atoms with E-state index >= 15 is 0 Å². The number of aromatic amines is 1. The number of H-pyrrole nitrogens is 1. The fourth-order valence-corrected chi connectivity index (χ4v) is 1.61. The Bertz CT molecular complexity index is 254. The van der Waals surface area contributed by atoms with Crippen LogP contribution in [0, 0.1) is 5.41 Å². The van der Waals surface area contributed by atoms with Crippen LogP contribution in [-0.2, 0) is 6.54 Å². The summed E-state index contributed by atoms with van der Waals surface area (Å²) in [6, 6.07) is 2.07. The molecule has 0 aliphatic rings. The lowest BCUT2D eigenvalue weighted by Crippen LogP contribution is -2.33. The molecule has 0 amide bonds. The van der Waals surface area contributed by atoms with E-state index in [1.165, 1.54) is 5.56 Å². The van der Waals surface area contributed by atoms with Crippen molar-refractivity contribution in [3.8, 4) is 0 Å². The van der Waals surface area contributed by atoms with Gasteiger partial charge in [0, 0.05) is 37.5 Å². The predicted molar refractivity (Wildman–Crippen MR) is 58.0 cm³/mol. The zero-order valence-electron chi connectivity index (χ0n) is 9.25. The molecule has 0 fully saturated rings. The molecule has 1 heterocycles. The van der Waals surface area contributed by atoms with E-state index in [1.807, 2.05) is 12.4 Å². The molecule has 0 aliphatic heterocycles. The van der Waals surface area contributed by atoms with Gasteiger partial charge >= 0.3 is 0 Å². The minimum Gasteiger partial charge on any atom is -0.396 e. The number of aliphatic hydroxyl groups is 1. The van der Waals surface area contributed by atoms with Gasteiger partial charge in [-0.1, -0.05) is 13.8 Å². The summed E-state index contributed by atoms with van der Waals surface area (Å²) >= 11 is 0. The van der Waals surface area contributed by atoms with Gasteiger partial charge in [0.15, 0.2) is 0 Å². The fourth-order valence-electron chi connectivity index (χ4n) is 1.61. The van der Waals surface area contributed by atoms with E-state index in [2.05, 4.69) is 36.8 Å². The van der Waals surface area contributed by atoms with Crippen LogP contribution in [0.1, 0.15) is 19.4 Å². The highest BCUT2D eigenvalue weighted by Crippen LogP contribution is 2.16. The molecule has 1 aromatic rings. The van der Waals surface area contributed by atoms with E-state index < -0.39 is 0 Å². The normalized spacial score (nSPS) is 12.4. The SMILES string of the molecule is CN(Cc1cc[nH]c1)CC(C)(C)CO. The van der Waals surface area contributed by atoms with Crippen molar-refractivity contribution in [1.82, 2.24) is 9.88 Å². The van der Waals surface area contributed by atoms with Crippen molar-refractivity contribution in [2.45, 2.75) is 20.4 Å². The topological polar surface area (TPSA) is 39.3 Å². The fraction of sp³-hybridized carbons (Fsp3) is 0.636. The number of hydrogen-bond donors (Lipinski definition) is 2. The molecule has 0 saturated heterocycles. The highest BCUT2D eigenvalue weighted by molar-refractivity contribution is 5.07. The number of aliphatic hydroxyl groups excluding tert-OH is 1. The van der Waals surface area contributed by atoms with Gasteiger partial charge < -0.3 is 15.0 Å². The molecule has 3 heteroatoms. The zero-order valence-corrected chi connectivity index (χ0v) is 9.25. The summed E-state index contributed by atoms with van der Waals surface area (Å²) < 4.78 is 0. The third-order valence-corrected chi connectivity index (χ3v) is 2.24. The molecule has 0 spiro atoms. The second-order valence-electron chi connectivity index (χ2n) is 4.71. The van der Waals surface area contributed by atoms with Gasteiger partial charge in [-0.2, -0.15) is 0 Å². The van der Waals surface area contributed by atoms with Crippen molar-refractivity contribution in [3.63, 3.8) is 0 Å². The van der Waals surface area contributed by atoms with Crippen molar-refractivity contribution >= 4 is 0 Å². The zero-order chi connectivity index (χ0) is 10.6. The van der Waals surface area contributed by atoms with Gasteiger partial charge in [-0.05, 0) is 18.7 Å². The highest BCUT2D eigenvalue weighted by Gasteiger charge is 2.18. The molecule has 1 rings (SSSR count). The molecule has 2 N–H and O–H groups in total. The average Bonchev–Trinajstić information content (AvgIpc) is 2.55. The van der Waals surface area contributed by atoms with Crippen molar-refractivity contribution in [2.75, 3.05) is 20.2 Å². The van der Waals surface area contributed by atoms with E-state index in [1.54, 1.807) is 0 Å². The van der Waals surface area contributed by atoms with E-state index in [4.69, 9.17) is 5.11 Å². The Hall–Kier alpha value is -0.800. The Morgan fingerprint density at radius 1 is 1.50 bits per heavy atom. The summed E-state index contributed by atoms with van der Waals surface area (Å²) in [6.45, 7) is 6.19. The molecule has 1 aromatic heterocycles. The maximum absolute atomic E-state index is 9.14. The van der Waals surface area contributed by atoms with Crippen LogP contribution in [-0.4, -0.2) is 35.2 Å². The maximum Gasteiger partial charge on any atom is 0.0494 e. The first kappa shape index (κ1) is 11.3. The molecule has 80 valence electrons.